The number of benzene rings is 2. The zero-order valence-corrected chi connectivity index (χ0v) is 12.8. The molecule has 1 heterocycles. The number of rotatable bonds is 4. The molecule has 4 nitrogen and oxygen atoms in total. The number of para-hydroxylation sites is 1. The van der Waals surface area contributed by atoms with Gasteiger partial charge in [0.1, 0.15) is 11.6 Å². The molecule has 0 bridgehead atoms. The maximum Gasteiger partial charge on any atom is 0.226 e. The summed E-state index contributed by atoms with van der Waals surface area (Å²) in [6.45, 7) is 1.53. The summed E-state index contributed by atoms with van der Waals surface area (Å²) in [5.41, 5.74) is 2.58. The fraction of sp³-hybridized carbons (Fsp3) is 0.278. The monoisotopic (exact) mass is 314 g/mol. The predicted molar refractivity (Wildman–Crippen MR) is 88.3 cm³/mol. The number of carbonyl (C=O) groups excluding carboxylic acids is 1. The normalized spacial score (nSPS) is 13.5. The summed E-state index contributed by atoms with van der Waals surface area (Å²) in [6.07, 6.45) is 2.43. The molecule has 0 radical (unpaired) electrons. The van der Waals surface area contributed by atoms with Gasteiger partial charge in [-0.3, -0.25) is 4.79 Å². The van der Waals surface area contributed by atoms with Crippen LogP contribution in [0.5, 0.6) is 5.75 Å². The fourth-order valence-electron chi connectivity index (χ4n) is 2.90. The highest BCUT2D eigenvalue weighted by Gasteiger charge is 2.17. The Morgan fingerprint density at radius 1 is 1.26 bits per heavy atom. The van der Waals surface area contributed by atoms with Crippen molar-refractivity contribution < 1.29 is 14.3 Å². The number of fused-ring (bicyclic) bond motifs is 1. The topological polar surface area (TPSA) is 52.6 Å². The summed E-state index contributed by atoms with van der Waals surface area (Å²) in [5.74, 6) is -1.04. The zero-order chi connectivity index (χ0) is 16.2. The van der Waals surface area contributed by atoms with Gasteiger partial charge in [-0.15, -0.1) is 0 Å². The van der Waals surface area contributed by atoms with Crippen molar-refractivity contribution in [1.82, 2.24) is 0 Å². The molecule has 0 atom stereocenters. The van der Waals surface area contributed by atoms with E-state index in [4.69, 9.17) is 0 Å². The highest BCUT2D eigenvalue weighted by atomic mass is 19.1. The number of hydrogen-bond donors (Lipinski definition) is 2. The van der Waals surface area contributed by atoms with E-state index in [1.165, 1.54) is 23.4 Å². The average Bonchev–Trinajstić information content (AvgIpc) is 2.55. The van der Waals surface area contributed by atoms with Gasteiger partial charge in [0.25, 0.3) is 0 Å². The molecule has 5 heteroatoms. The number of carbonyl (C=O) groups is 1. The van der Waals surface area contributed by atoms with E-state index in [9.17, 15) is 14.3 Å². The third-order valence-electron chi connectivity index (χ3n) is 4.04. The summed E-state index contributed by atoms with van der Waals surface area (Å²) in [5, 5.41) is 11.7. The molecule has 1 amide bonds. The lowest BCUT2D eigenvalue weighted by atomic mass is 10.0. The number of nitrogens with one attached hydrogen (secondary N) is 1. The van der Waals surface area contributed by atoms with E-state index in [2.05, 4.69) is 22.3 Å². The lowest BCUT2D eigenvalue weighted by Crippen LogP contribution is -2.32. The molecule has 0 saturated carbocycles. The molecule has 0 aliphatic carbocycles. The molecular formula is C18H19FN2O2. The maximum atomic E-state index is 13.6. The number of hydrogen-bond acceptors (Lipinski definition) is 3. The van der Waals surface area contributed by atoms with Crippen LogP contribution in [0.2, 0.25) is 0 Å². The standard InChI is InChI=1S/C18H19FN2O2/c19-15-12-14(22)7-8-16(15)20-18(23)9-11-21-10-3-5-13-4-1-2-6-17(13)21/h1-2,4,6-8,12,22H,3,5,9-11H2,(H,20,23). The molecule has 1 aliphatic rings. The quantitative estimate of drug-likeness (QED) is 0.851. The second kappa shape index (κ2) is 6.69. The van der Waals surface area contributed by atoms with Crippen LogP contribution in [-0.2, 0) is 11.2 Å². The Bertz CT molecular complexity index is 718. The molecule has 3 rings (SSSR count). The van der Waals surface area contributed by atoms with Crippen LogP contribution in [-0.4, -0.2) is 24.1 Å². The van der Waals surface area contributed by atoms with Crippen molar-refractivity contribution in [2.45, 2.75) is 19.3 Å². The first-order chi connectivity index (χ1) is 11.1. The molecule has 120 valence electrons. The van der Waals surface area contributed by atoms with Crippen LogP contribution in [0, 0.1) is 5.82 Å². The average molecular weight is 314 g/mol. The van der Waals surface area contributed by atoms with Crippen LogP contribution >= 0.6 is 0 Å². The lowest BCUT2D eigenvalue weighted by Gasteiger charge is -2.31. The summed E-state index contributed by atoms with van der Waals surface area (Å²) < 4.78 is 13.6. The Labute approximate surface area is 134 Å². The third kappa shape index (κ3) is 3.62. The van der Waals surface area contributed by atoms with Gasteiger partial charge >= 0.3 is 0 Å². The second-order valence-electron chi connectivity index (χ2n) is 5.68. The van der Waals surface area contributed by atoms with Crippen molar-refractivity contribution in [3.05, 3.63) is 53.8 Å². The number of phenols is 1. The van der Waals surface area contributed by atoms with Crippen LogP contribution in [0.4, 0.5) is 15.8 Å². The fourth-order valence-corrected chi connectivity index (χ4v) is 2.90. The van der Waals surface area contributed by atoms with E-state index < -0.39 is 5.82 Å². The molecule has 23 heavy (non-hydrogen) atoms. The van der Waals surface area contributed by atoms with Gasteiger partial charge in [-0.05, 0) is 36.6 Å². The highest BCUT2D eigenvalue weighted by Crippen LogP contribution is 2.26. The SMILES string of the molecule is O=C(CCN1CCCc2ccccc21)Nc1ccc(O)cc1F. The van der Waals surface area contributed by atoms with Crippen molar-refractivity contribution in [3.8, 4) is 5.75 Å². The Kier molecular flexibility index (Phi) is 4.46. The third-order valence-corrected chi connectivity index (χ3v) is 4.04. The molecule has 0 spiro atoms. The molecule has 2 aromatic carbocycles. The number of anilines is 2. The van der Waals surface area contributed by atoms with E-state index in [-0.39, 0.29) is 23.8 Å². The van der Waals surface area contributed by atoms with E-state index in [0.29, 0.717) is 6.54 Å². The minimum absolute atomic E-state index is 0.0897. The number of aryl methyl sites for hydroxylation is 1. The predicted octanol–water partition coefficient (Wildman–Crippen LogP) is 3.31. The summed E-state index contributed by atoms with van der Waals surface area (Å²) >= 11 is 0. The van der Waals surface area contributed by atoms with Crippen LogP contribution < -0.4 is 10.2 Å². The number of phenolic OH excluding ortho intramolecular Hbond substituents is 1. The van der Waals surface area contributed by atoms with Gasteiger partial charge < -0.3 is 15.3 Å². The van der Waals surface area contributed by atoms with Crippen LogP contribution in [0.15, 0.2) is 42.5 Å². The van der Waals surface area contributed by atoms with Crippen molar-refractivity contribution in [3.63, 3.8) is 0 Å². The Hall–Kier alpha value is -2.56. The number of amides is 1. The van der Waals surface area contributed by atoms with Gasteiger partial charge in [0.05, 0.1) is 5.69 Å². The van der Waals surface area contributed by atoms with Gasteiger partial charge in [-0.2, -0.15) is 0 Å². The van der Waals surface area contributed by atoms with E-state index in [1.807, 2.05) is 12.1 Å². The van der Waals surface area contributed by atoms with Crippen molar-refractivity contribution in [2.24, 2.45) is 0 Å². The molecular weight excluding hydrogens is 295 g/mol. The zero-order valence-electron chi connectivity index (χ0n) is 12.8. The number of halogens is 1. The van der Waals surface area contributed by atoms with Crippen molar-refractivity contribution in [2.75, 3.05) is 23.3 Å². The van der Waals surface area contributed by atoms with Gasteiger partial charge in [0.15, 0.2) is 0 Å². The van der Waals surface area contributed by atoms with E-state index >= 15 is 0 Å². The first-order valence-electron chi connectivity index (χ1n) is 7.75. The summed E-state index contributed by atoms with van der Waals surface area (Å²) in [6, 6.07) is 11.9. The summed E-state index contributed by atoms with van der Waals surface area (Å²) in [7, 11) is 0. The van der Waals surface area contributed by atoms with Crippen LogP contribution in [0.25, 0.3) is 0 Å². The van der Waals surface area contributed by atoms with Gasteiger partial charge in [0.2, 0.25) is 5.91 Å². The number of nitrogens with zero attached hydrogens (tertiary/aromatic N) is 1. The minimum Gasteiger partial charge on any atom is -0.508 e. The Morgan fingerprint density at radius 2 is 2.09 bits per heavy atom. The van der Waals surface area contributed by atoms with Crippen molar-refractivity contribution >= 4 is 17.3 Å². The molecule has 0 saturated heterocycles. The Balaban J connectivity index is 1.59. The maximum absolute atomic E-state index is 13.6. The lowest BCUT2D eigenvalue weighted by molar-refractivity contribution is -0.116. The molecule has 1 aliphatic heterocycles. The molecule has 0 aromatic heterocycles. The summed E-state index contributed by atoms with van der Waals surface area (Å²) in [4.78, 5) is 14.2. The van der Waals surface area contributed by atoms with Gasteiger partial charge in [-0.1, -0.05) is 18.2 Å². The first-order valence-corrected chi connectivity index (χ1v) is 7.75. The molecule has 0 unspecified atom stereocenters. The second-order valence-corrected chi connectivity index (χ2v) is 5.68. The molecule has 2 aromatic rings. The van der Waals surface area contributed by atoms with Crippen LogP contribution in [0.3, 0.4) is 0 Å². The van der Waals surface area contributed by atoms with Crippen molar-refractivity contribution in [1.29, 1.82) is 0 Å². The first kappa shape index (κ1) is 15.3. The smallest absolute Gasteiger partial charge is 0.226 e. The molecule has 0 fully saturated rings. The highest BCUT2D eigenvalue weighted by molar-refractivity contribution is 5.91. The van der Waals surface area contributed by atoms with Gasteiger partial charge in [-0.25, -0.2) is 4.39 Å². The minimum atomic E-state index is -0.637. The van der Waals surface area contributed by atoms with E-state index in [0.717, 1.165) is 25.5 Å². The van der Waals surface area contributed by atoms with E-state index in [1.54, 1.807) is 0 Å². The molecule has 2 N–H and O–H groups in total. The van der Waals surface area contributed by atoms with Crippen LogP contribution in [0.1, 0.15) is 18.4 Å². The number of aromatic hydroxyl groups is 1. The largest absolute Gasteiger partial charge is 0.508 e. The van der Waals surface area contributed by atoms with Gasteiger partial charge in [0, 0.05) is 31.3 Å². The Morgan fingerprint density at radius 3 is 2.91 bits per heavy atom.